The van der Waals surface area contributed by atoms with Gasteiger partial charge in [-0.15, -0.1) is 0 Å². The molecule has 1 aliphatic heterocycles. The number of piperazine rings is 1. The van der Waals surface area contributed by atoms with E-state index in [0.29, 0.717) is 4.90 Å². The Morgan fingerprint density at radius 1 is 1.00 bits per heavy atom. The molecule has 1 aliphatic carbocycles. The van der Waals surface area contributed by atoms with E-state index in [2.05, 4.69) is 14.9 Å². The van der Waals surface area contributed by atoms with Crippen molar-refractivity contribution in [2.45, 2.75) is 55.9 Å². The summed E-state index contributed by atoms with van der Waals surface area (Å²) >= 11 is 0. The van der Waals surface area contributed by atoms with Gasteiger partial charge in [0.05, 0.1) is 4.90 Å². The summed E-state index contributed by atoms with van der Waals surface area (Å²) < 4.78 is 28.5. The van der Waals surface area contributed by atoms with E-state index in [9.17, 15) is 8.42 Å². The third-order valence-corrected chi connectivity index (χ3v) is 6.56. The lowest BCUT2D eigenvalue weighted by Gasteiger charge is -2.29. The number of nitrogens with zero attached hydrogens (tertiary/aromatic N) is 1. The summed E-state index contributed by atoms with van der Waals surface area (Å²) in [4.78, 5) is 2.63. The highest BCUT2D eigenvalue weighted by atomic mass is 32.2. The number of anilines is 1. The van der Waals surface area contributed by atoms with Gasteiger partial charge in [-0.1, -0.05) is 38.2 Å². The lowest BCUT2D eigenvalue weighted by Crippen LogP contribution is -2.43. The molecule has 6 heteroatoms. The van der Waals surface area contributed by atoms with E-state index >= 15 is 0 Å². The molecule has 1 heterocycles. The van der Waals surface area contributed by atoms with Gasteiger partial charge in [0.1, 0.15) is 0 Å². The Hall–Kier alpha value is -1.11. The van der Waals surface area contributed by atoms with Crippen LogP contribution in [0.15, 0.2) is 29.2 Å². The second kappa shape index (κ2) is 8.32. The molecular weight excluding hydrogens is 322 g/mol. The van der Waals surface area contributed by atoms with Crippen molar-refractivity contribution < 1.29 is 8.42 Å². The first-order valence-corrected chi connectivity index (χ1v) is 10.7. The predicted octanol–water partition coefficient (Wildman–Crippen LogP) is 2.49. The summed E-state index contributed by atoms with van der Waals surface area (Å²) in [5.74, 6) is 0. The summed E-state index contributed by atoms with van der Waals surface area (Å²) in [7, 11) is -3.44. The van der Waals surface area contributed by atoms with Crippen LogP contribution in [0.1, 0.15) is 44.9 Å². The number of hydrogen-bond donors (Lipinski definition) is 2. The van der Waals surface area contributed by atoms with Crippen molar-refractivity contribution in [2.75, 3.05) is 31.1 Å². The van der Waals surface area contributed by atoms with Gasteiger partial charge in [-0.3, -0.25) is 0 Å². The standard InChI is InChI=1S/C18H29N3O2S/c22-24(23,20-16-7-4-2-1-3-5-8-16)18-10-6-9-17(15-18)21-13-11-19-12-14-21/h6,9-10,15-16,19-20H,1-5,7-8,11-14H2. The number of benzene rings is 1. The normalized spacial score (nSPS) is 21.2. The maximum absolute atomic E-state index is 12.8. The Bertz CT molecular complexity index is 619. The molecule has 0 radical (unpaired) electrons. The first kappa shape index (κ1) is 17.7. The second-order valence-electron chi connectivity index (χ2n) is 6.90. The number of rotatable bonds is 4. The van der Waals surface area contributed by atoms with Gasteiger partial charge in [-0.2, -0.15) is 0 Å². The number of nitrogens with one attached hydrogen (secondary N) is 2. The van der Waals surface area contributed by atoms with Gasteiger partial charge >= 0.3 is 0 Å². The van der Waals surface area contributed by atoms with Crippen LogP contribution in [0, 0.1) is 0 Å². The van der Waals surface area contributed by atoms with E-state index in [1.165, 1.54) is 19.3 Å². The van der Waals surface area contributed by atoms with Crippen molar-refractivity contribution in [1.29, 1.82) is 0 Å². The lowest BCUT2D eigenvalue weighted by atomic mass is 9.97. The van der Waals surface area contributed by atoms with Crippen LogP contribution in [0.4, 0.5) is 5.69 Å². The smallest absolute Gasteiger partial charge is 0.240 e. The Labute approximate surface area is 145 Å². The fraction of sp³-hybridized carbons (Fsp3) is 0.667. The van der Waals surface area contributed by atoms with Gasteiger partial charge in [0.15, 0.2) is 0 Å². The Kier molecular flexibility index (Phi) is 6.14. The average Bonchev–Trinajstić information content (AvgIpc) is 2.58. The largest absolute Gasteiger partial charge is 0.369 e. The molecular formula is C18H29N3O2S. The highest BCUT2D eigenvalue weighted by Gasteiger charge is 2.22. The van der Waals surface area contributed by atoms with Gasteiger partial charge in [-0.05, 0) is 31.0 Å². The molecule has 1 saturated heterocycles. The Morgan fingerprint density at radius 2 is 1.67 bits per heavy atom. The summed E-state index contributed by atoms with van der Waals surface area (Å²) in [5.41, 5.74) is 0.997. The number of hydrogen-bond acceptors (Lipinski definition) is 4. The molecule has 0 bridgehead atoms. The van der Waals surface area contributed by atoms with Gasteiger partial charge in [0, 0.05) is 37.9 Å². The van der Waals surface area contributed by atoms with E-state index in [0.717, 1.165) is 57.5 Å². The van der Waals surface area contributed by atoms with Crippen molar-refractivity contribution >= 4 is 15.7 Å². The van der Waals surface area contributed by atoms with Crippen LogP contribution in [0.3, 0.4) is 0 Å². The van der Waals surface area contributed by atoms with E-state index < -0.39 is 10.0 Å². The molecule has 2 N–H and O–H groups in total. The van der Waals surface area contributed by atoms with Gasteiger partial charge in [0.2, 0.25) is 10.0 Å². The van der Waals surface area contributed by atoms with Crippen LogP contribution in [0.25, 0.3) is 0 Å². The maximum Gasteiger partial charge on any atom is 0.240 e. The monoisotopic (exact) mass is 351 g/mol. The first-order chi connectivity index (χ1) is 11.6. The lowest BCUT2D eigenvalue weighted by molar-refractivity contribution is 0.426. The molecule has 0 spiro atoms. The molecule has 5 nitrogen and oxygen atoms in total. The van der Waals surface area contributed by atoms with Gasteiger partial charge in [0.25, 0.3) is 0 Å². The van der Waals surface area contributed by atoms with Crippen LogP contribution in [-0.2, 0) is 10.0 Å². The SMILES string of the molecule is O=S(=O)(NC1CCCCCCC1)c1cccc(N2CCNCC2)c1. The maximum atomic E-state index is 12.8. The highest BCUT2D eigenvalue weighted by molar-refractivity contribution is 7.89. The average molecular weight is 352 g/mol. The molecule has 0 amide bonds. The van der Waals surface area contributed by atoms with Crippen LogP contribution in [0.5, 0.6) is 0 Å². The first-order valence-electron chi connectivity index (χ1n) is 9.23. The van der Waals surface area contributed by atoms with Crippen molar-refractivity contribution in [3.05, 3.63) is 24.3 Å². The molecule has 0 atom stereocenters. The van der Waals surface area contributed by atoms with Gasteiger partial charge in [-0.25, -0.2) is 13.1 Å². The third kappa shape index (κ3) is 4.71. The van der Waals surface area contributed by atoms with Crippen LogP contribution in [0.2, 0.25) is 0 Å². The highest BCUT2D eigenvalue weighted by Crippen LogP contribution is 2.22. The summed E-state index contributed by atoms with van der Waals surface area (Å²) in [5, 5.41) is 3.32. The van der Waals surface area contributed by atoms with Crippen molar-refractivity contribution in [1.82, 2.24) is 10.0 Å². The molecule has 2 fully saturated rings. The molecule has 1 saturated carbocycles. The molecule has 0 unspecified atom stereocenters. The molecule has 134 valence electrons. The Morgan fingerprint density at radius 3 is 2.38 bits per heavy atom. The van der Waals surface area contributed by atoms with Crippen LogP contribution in [-0.4, -0.2) is 40.6 Å². The number of sulfonamides is 1. The van der Waals surface area contributed by atoms with Crippen molar-refractivity contribution in [3.8, 4) is 0 Å². The van der Waals surface area contributed by atoms with Crippen LogP contribution >= 0.6 is 0 Å². The minimum Gasteiger partial charge on any atom is -0.369 e. The van der Waals surface area contributed by atoms with E-state index in [4.69, 9.17) is 0 Å². The minimum absolute atomic E-state index is 0.0816. The third-order valence-electron chi connectivity index (χ3n) is 5.04. The zero-order chi connectivity index (χ0) is 16.8. The quantitative estimate of drug-likeness (QED) is 0.875. The topological polar surface area (TPSA) is 61.4 Å². The molecule has 2 aliphatic rings. The zero-order valence-electron chi connectivity index (χ0n) is 14.3. The molecule has 3 rings (SSSR count). The molecule has 0 aromatic heterocycles. The van der Waals surface area contributed by atoms with E-state index in [-0.39, 0.29) is 6.04 Å². The van der Waals surface area contributed by atoms with Crippen molar-refractivity contribution in [2.24, 2.45) is 0 Å². The summed E-state index contributed by atoms with van der Waals surface area (Å²) in [6, 6.07) is 7.45. The summed E-state index contributed by atoms with van der Waals surface area (Å²) in [6.07, 6.45) is 7.87. The van der Waals surface area contributed by atoms with Crippen molar-refractivity contribution in [3.63, 3.8) is 0 Å². The zero-order valence-corrected chi connectivity index (χ0v) is 15.2. The summed E-state index contributed by atoms with van der Waals surface area (Å²) in [6.45, 7) is 3.72. The molecule has 1 aromatic rings. The predicted molar refractivity (Wildman–Crippen MR) is 98.0 cm³/mol. The fourth-order valence-electron chi connectivity index (χ4n) is 3.63. The molecule has 24 heavy (non-hydrogen) atoms. The van der Waals surface area contributed by atoms with Crippen LogP contribution < -0.4 is 14.9 Å². The van der Waals surface area contributed by atoms with E-state index in [1.54, 1.807) is 6.07 Å². The second-order valence-corrected chi connectivity index (χ2v) is 8.61. The van der Waals surface area contributed by atoms with Gasteiger partial charge < -0.3 is 10.2 Å². The Balaban J connectivity index is 1.71. The molecule has 1 aromatic carbocycles. The fourth-order valence-corrected chi connectivity index (χ4v) is 4.98. The minimum atomic E-state index is -3.44. The van der Waals surface area contributed by atoms with E-state index in [1.807, 2.05) is 18.2 Å².